The molecule has 0 heterocycles. The van der Waals surface area contributed by atoms with Crippen molar-refractivity contribution >= 4 is 0 Å². The lowest BCUT2D eigenvalue weighted by atomic mass is 9.86. The van der Waals surface area contributed by atoms with Crippen LogP contribution in [0.5, 0.6) is 0 Å². The van der Waals surface area contributed by atoms with Gasteiger partial charge in [0, 0.05) is 12.0 Å². The van der Waals surface area contributed by atoms with Crippen molar-refractivity contribution in [3.63, 3.8) is 0 Å². The molecule has 0 aromatic heterocycles. The van der Waals surface area contributed by atoms with Crippen molar-refractivity contribution in [2.75, 3.05) is 7.05 Å². The Balaban J connectivity index is 1.85. The second-order valence-electron chi connectivity index (χ2n) is 5.99. The number of hydrogen-bond acceptors (Lipinski definition) is 1. The molecular formula is C18H25N. The topological polar surface area (TPSA) is 12.0 Å². The molecule has 2 aliphatic carbocycles. The summed E-state index contributed by atoms with van der Waals surface area (Å²) in [4.78, 5) is 0. The van der Waals surface area contributed by atoms with Crippen molar-refractivity contribution < 1.29 is 0 Å². The van der Waals surface area contributed by atoms with Gasteiger partial charge in [0.25, 0.3) is 0 Å². The van der Waals surface area contributed by atoms with E-state index in [-0.39, 0.29) is 0 Å². The second-order valence-corrected chi connectivity index (χ2v) is 5.99. The lowest BCUT2D eigenvalue weighted by Gasteiger charge is -2.27. The first-order valence-electron chi connectivity index (χ1n) is 7.84. The quantitative estimate of drug-likeness (QED) is 0.798. The van der Waals surface area contributed by atoms with Crippen LogP contribution in [0, 0.1) is 0 Å². The number of allylic oxidation sites excluding steroid dienone is 1. The van der Waals surface area contributed by atoms with Gasteiger partial charge in [-0.3, -0.25) is 0 Å². The van der Waals surface area contributed by atoms with E-state index in [4.69, 9.17) is 0 Å². The Labute approximate surface area is 117 Å². The lowest BCUT2D eigenvalue weighted by molar-refractivity contribution is 0.495. The van der Waals surface area contributed by atoms with Crippen LogP contribution >= 0.6 is 0 Å². The van der Waals surface area contributed by atoms with Crippen LogP contribution in [-0.2, 0) is 6.42 Å². The van der Waals surface area contributed by atoms with Gasteiger partial charge < -0.3 is 5.32 Å². The zero-order valence-corrected chi connectivity index (χ0v) is 12.0. The molecule has 1 aromatic rings. The first-order chi connectivity index (χ1) is 9.40. The van der Waals surface area contributed by atoms with Crippen LogP contribution in [0.15, 0.2) is 35.9 Å². The van der Waals surface area contributed by atoms with E-state index in [1.807, 2.05) is 0 Å². The van der Waals surface area contributed by atoms with E-state index in [1.54, 1.807) is 16.7 Å². The fourth-order valence-electron chi connectivity index (χ4n) is 3.90. The summed E-state index contributed by atoms with van der Waals surface area (Å²) in [5.41, 5.74) is 4.83. The Morgan fingerprint density at radius 2 is 2.00 bits per heavy atom. The smallest absolute Gasteiger partial charge is 0.0346 e. The molecule has 0 bridgehead atoms. The number of fused-ring (bicyclic) bond motifs is 1. The molecule has 2 unspecified atom stereocenters. The number of aryl methyl sites for hydroxylation is 1. The molecule has 0 aliphatic heterocycles. The van der Waals surface area contributed by atoms with Crippen LogP contribution in [0.3, 0.4) is 0 Å². The van der Waals surface area contributed by atoms with E-state index in [0.29, 0.717) is 12.0 Å². The third kappa shape index (κ3) is 2.62. The van der Waals surface area contributed by atoms with E-state index >= 15 is 0 Å². The molecule has 3 rings (SSSR count). The van der Waals surface area contributed by atoms with Gasteiger partial charge in [0.15, 0.2) is 0 Å². The second kappa shape index (κ2) is 5.92. The van der Waals surface area contributed by atoms with Crippen LogP contribution in [0.25, 0.3) is 0 Å². The highest BCUT2D eigenvalue weighted by molar-refractivity contribution is 5.38. The minimum atomic E-state index is 0.557. The molecule has 19 heavy (non-hydrogen) atoms. The average Bonchev–Trinajstić information content (AvgIpc) is 2.69. The number of rotatable bonds is 3. The maximum Gasteiger partial charge on any atom is 0.0346 e. The summed E-state index contributed by atoms with van der Waals surface area (Å²) in [5, 5.41) is 3.61. The standard InChI is InChI=1S/C18H25N/c1-19-18(15-9-4-2-3-5-10-15)17-13-12-14-8-6-7-11-16(14)17/h6-9,11,17-19H,2-5,10,12-13H2,1H3. The average molecular weight is 255 g/mol. The minimum absolute atomic E-state index is 0.557. The van der Waals surface area contributed by atoms with Gasteiger partial charge in [0.1, 0.15) is 0 Å². The van der Waals surface area contributed by atoms with E-state index < -0.39 is 0 Å². The van der Waals surface area contributed by atoms with Gasteiger partial charge in [-0.2, -0.15) is 0 Å². The largest absolute Gasteiger partial charge is 0.313 e. The monoisotopic (exact) mass is 255 g/mol. The van der Waals surface area contributed by atoms with Crippen molar-refractivity contribution in [2.24, 2.45) is 0 Å². The molecule has 2 atom stereocenters. The van der Waals surface area contributed by atoms with Gasteiger partial charge in [0.2, 0.25) is 0 Å². The molecule has 1 N–H and O–H groups in total. The van der Waals surface area contributed by atoms with Gasteiger partial charge >= 0.3 is 0 Å². The molecular weight excluding hydrogens is 230 g/mol. The van der Waals surface area contributed by atoms with Gasteiger partial charge in [-0.25, -0.2) is 0 Å². The summed E-state index contributed by atoms with van der Waals surface area (Å²) < 4.78 is 0. The Bertz CT molecular complexity index is 461. The van der Waals surface area contributed by atoms with Crippen LogP contribution in [0.4, 0.5) is 0 Å². The number of likely N-dealkylation sites (N-methyl/N-ethyl adjacent to an activating group) is 1. The first kappa shape index (κ1) is 12.9. The molecule has 1 aromatic carbocycles. The van der Waals surface area contributed by atoms with Gasteiger partial charge in [-0.15, -0.1) is 0 Å². The summed E-state index contributed by atoms with van der Waals surface area (Å²) in [5.74, 6) is 0.686. The molecule has 0 amide bonds. The Kier molecular flexibility index (Phi) is 4.03. The van der Waals surface area contributed by atoms with Gasteiger partial charge in [-0.1, -0.05) is 42.3 Å². The highest BCUT2D eigenvalue weighted by Crippen LogP contribution is 2.38. The van der Waals surface area contributed by atoms with Gasteiger partial charge in [-0.05, 0) is 56.7 Å². The lowest BCUT2D eigenvalue weighted by Crippen LogP contribution is -2.33. The van der Waals surface area contributed by atoms with Crippen LogP contribution in [0.2, 0.25) is 0 Å². The highest BCUT2D eigenvalue weighted by Gasteiger charge is 2.30. The molecule has 0 saturated carbocycles. The fraction of sp³-hybridized carbons (Fsp3) is 0.556. The number of benzene rings is 1. The van der Waals surface area contributed by atoms with E-state index in [9.17, 15) is 0 Å². The summed E-state index contributed by atoms with van der Waals surface area (Å²) in [6.07, 6.45) is 11.8. The number of nitrogens with one attached hydrogen (secondary N) is 1. The van der Waals surface area contributed by atoms with Crippen LogP contribution < -0.4 is 5.32 Å². The van der Waals surface area contributed by atoms with Crippen molar-refractivity contribution in [1.29, 1.82) is 0 Å². The van der Waals surface area contributed by atoms with Crippen LogP contribution in [-0.4, -0.2) is 13.1 Å². The zero-order chi connectivity index (χ0) is 13.1. The molecule has 0 fully saturated rings. The Morgan fingerprint density at radius 3 is 2.89 bits per heavy atom. The molecule has 1 heteroatoms. The Morgan fingerprint density at radius 1 is 1.11 bits per heavy atom. The van der Waals surface area contributed by atoms with E-state index in [0.717, 1.165) is 0 Å². The molecule has 0 saturated heterocycles. The number of hydrogen-bond donors (Lipinski definition) is 1. The maximum absolute atomic E-state index is 3.61. The van der Waals surface area contributed by atoms with Gasteiger partial charge in [0.05, 0.1) is 0 Å². The highest BCUT2D eigenvalue weighted by atomic mass is 14.9. The van der Waals surface area contributed by atoms with E-state index in [1.165, 1.54) is 44.9 Å². The molecule has 2 aliphatic rings. The first-order valence-corrected chi connectivity index (χ1v) is 7.84. The Hall–Kier alpha value is -1.08. The third-order valence-electron chi connectivity index (χ3n) is 4.87. The van der Waals surface area contributed by atoms with Crippen molar-refractivity contribution in [3.8, 4) is 0 Å². The normalized spacial score (nSPS) is 24.5. The summed E-state index contributed by atoms with van der Waals surface area (Å²) in [6, 6.07) is 9.59. The molecule has 1 nitrogen and oxygen atoms in total. The summed E-state index contributed by atoms with van der Waals surface area (Å²) >= 11 is 0. The molecule has 0 spiro atoms. The van der Waals surface area contributed by atoms with Crippen molar-refractivity contribution in [3.05, 3.63) is 47.0 Å². The zero-order valence-electron chi connectivity index (χ0n) is 12.0. The third-order valence-corrected chi connectivity index (χ3v) is 4.87. The van der Waals surface area contributed by atoms with E-state index in [2.05, 4.69) is 42.7 Å². The predicted octanol–water partition coefficient (Wildman–Crippen LogP) is 4.19. The summed E-state index contributed by atoms with van der Waals surface area (Å²) in [6.45, 7) is 0. The SMILES string of the molecule is CNC(C1=CCCCCC1)C1CCc2ccccc21. The molecule has 102 valence electrons. The predicted molar refractivity (Wildman–Crippen MR) is 81.5 cm³/mol. The van der Waals surface area contributed by atoms with Crippen molar-refractivity contribution in [1.82, 2.24) is 5.32 Å². The van der Waals surface area contributed by atoms with Crippen molar-refractivity contribution in [2.45, 2.75) is 56.9 Å². The molecule has 0 radical (unpaired) electrons. The fourth-order valence-corrected chi connectivity index (χ4v) is 3.90. The minimum Gasteiger partial charge on any atom is -0.313 e. The maximum atomic E-state index is 3.61. The summed E-state index contributed by atoms with van der Waals surface area (Å²) in [7, 11) is 2.14. The van der Waals surface area contributed by atoms with Crippen LogP contribution in [0.1, 0.15) is 55.6 Å².